The van der Waals surface area contributed by atoms with Crippen molar-refractivity contribution in [3.63, 3.8) is 0 Å². The van der Waals surface area contributed by atoms with Crippen molar-refractivity contribution < 1.29 is 77.1 Å². The van der Waals surface area contributed by atoms with Gasteiger partial charge >= 0.3 is 17.9 Å². The molecule has 0 aliphatic carbocycles. The molecule has 0 spiro atoms. The van der Waals surface area contributed by atoms with E-state index in [1.807, 2.05) is 13.0 Å². The summed E-state index contributed by atoms with van der Waals surface area (Å²) in [7, 11) is 4.86. The molecule has 0 saturated carbocycles. The van der Waals surface area contributed by atoms with E-state index in [-0.39, 0.29) is 44.3 Å². The van der Waals surface area contributed by atoms with Crippen molar-refractivity contribution in [3.05, 3.63) is 12.2 Å². The van der Waals surface area contributed by atoms with E-state index in [4.69, 9.17) is 42.6 Å². The maximum atomic E-state index is 13.5. The molecule has 3 fully saturated rings. The van der Waals surface area contributed by atoms with Gasteiger partial charge in [-0.2, -0.15) is 0 Å². The molecule has 0 radical (unpaired) electrons. The van der Waals surface area contributed by atoms with Crippen LogP contribution in [0.1, 0.15) is 93.4 Å². The normalized spacial score (nSPS) is 43.4. The lowest BCUT2D eigenvalue weighted by Gasteiger charge is -2.50. The quantitative estimate of drug-likeness (QED) is 0.0842. The standard InChI is InChI=1S/C41H67NO16/c1-11-30(44)55-26-13-14-27-28(54-27)18-22(4)51-32(46)19-29(56-31(45)12-2)38(50-10)37(25(15-16-43)17-21(26)3)58-40-35(47)34(42(8)9)36(23(5)53-40)57-33-20-41(7,49)39(48)24(6)52-33/h13-14,16,21-29,33-40,47-49H,11-12,15,17-20H2,1-10H3/b14-13+/t21-,22+,23-,24+,25-,26-,27+,28-,29-,33-,34-,35-,36-,37-,38-,39+,40+,41+/m0/s1. The van der Waals surface area contributed by atoms with E-state index in [0.29, 0.717) is 6.42 Å². The zero-order chi connectivity index (χ0) is 43.1. The lowest BCUT2D eigenvalue weighted by atomic mass is 9.82. The van der Waals surface area contributed by atoms with E-state index in [9.17, 15) is 34.5 Å². The average Bonchev–Trinajstić information content (AvgIpc) is 3.89. The molecule has 0 aromatic carbocycles. The number of rotatable bonds is 12. The van der Waals surface area contributed by atoms with Crippen molar-refractivity contribution in [2.24, 2.45) is 11.8 Å². The highest BCUT2D eigenvalue weighted by Crippen LogP contribution is 2.38. The predicted octanol–water partition coefficient (Wildman–Crippen LogP) is 1.98. The molecule has 4 aliphatic heterocycles. The number of likely N-dealkylation sites (N-methyl/N-ethyl adjacent to an activating group) is 1. The summed E-state index contributed by atoms with van der Waals surface area (Å²) in [5.41, 5.74) is -1.50. The molecule has 0 unspecified atom stereocenters. The Hall–Kier alpha value is -2.58. The van der Waals surface area contributed by atoms with Crippen LogP contribution in [0.5, 0.6) is 0 Å². The molecule has 18 atom stereocenters. The van der Waals surface area contributed by atoms with Crippen LogP contribution >= 0.6 is 0 Å². The Morgan fingerprint density at radius 2 is 1.60 bits per heavy atom. The molecule has 58 heavy (non-hydrogen) atoms. The number of aldehydes is 1. The van der Waals surface area contributed by atoms with Gasteiger partial charge in [0.15, 0.2) is 12.6 Å². The summed E-state index contributed by atoms with van der Waals surface area (Å²) in [4.78, 5) is 53.3. The molecular formula is C41H67NO16. The third-order valence-electron chi connectivity index (χ3n) is 11.6. The molecule has 0 aromatic heterocycles. The van der Waals surface area contributed by atoms with Crippen LogP contribution in [-0.2, 0) is 61.8 Å². The lowest BCUT2D eigenvalue weighted by Crippen LogP contribution is -2.65. The van der Waals surface area contributed by atoms with Crippen LogP contribution in [0.15, 0.2) is 12.2 Å². The SMILES string of the molecule is CCC(=O)O[C@H]1/C=C/[C@H]2O[C@H]2C[C@@H](C)OC(=O)C[C@H](OC(=O)CC)[C@H](OC)[C@@H](O[C@H]2O[C@@H](C)[C@H](O[C@H]3C[C@@](C)(O)[C@H](O)[C@@H](C)O3)[C@@H](N(C)C)[C@@H]2O)[C@@H](CC=O)C[C@@H]1C. The molecular weight excluding hydrogens is 762 g/mol. The zero-order valence-corrected chi connectivity index (χ0v) is 35.6. The first-order chi connectivity index (χ1) is 27.3. The number of methoxy groups -OCH3 is 1. The molecule has 0 aromatic rings. The molecule has 4 aliphatic rings. The summed E-state index contributed by atoms with van der Waals surface area (Å²) in [5.74, 6) is -2.82. The first-order valence-corrected chi connectivity index (χ1v) is 20.6. The van der Waals surface area contributed by atoms with Gasteiger partial charge in [-0.3, -0.25) is 14.4 Å². The Morgan fingerprint density at radius 3 is 2.21 bits per heavy atom. The van der Waals surface area contributed by atoms with Gasteiger partial charge in [0.05, 0.1) is 42.5 Å². The second kappa shape index (κ2) is 21.3. The van der Waals surface area contributed by atoms with Crippen LogP contribution in [0.4, 0.5) is 0 Å². The molecule has 332 valence electrons. The van der Waals surface area contributed by atoms with Gasteiger partial charge in [0.2, 0.25) is 0 Å². The van der Waals surface area contributed by atoms with Gasteiger partial charge in [0, 0.05) is 39.2 Å². The van der Waals surface area contributed by atoms with Crippen LogP contribution in [0.25, 0.3) is 0 Å². The van der Waals surface area contributed by atoms with E-state index in [2.05, 4.69) is 0 Å². The second-order valence-corrected chi connectivity index (χ2v) is 16.7. The molecule has 17 heteroatoms. The van der Waals surface area contributed by atoms with Gasteiger partial charge in [-0.25, -0.2) is 0 Å². The average molecular weight is 830 g/mol. The molecule has 4 heterocycles. The topological polar surface area (TPSA) is 219 Å². The van der Waals surface area contributed by atoms with Crippen molar-refractivity contribution in [2.75, 3.05) is 21.2 Å². The Labute approximate surface area is 341 Å². The van der Waals surface area contributed by atoms with Gasteiger partial charge in [-0.1, -0.05) is 26.8 Å². The lowest BCUT2D eigenvalue weighted by molar-refractivity contribution is -0.344. The first kappa shape index (κ1) is 48.1. The molecule has 3 N–H and O–H groups in total. The summed E-state index contributed by atoms with van der Waals surface area (Å²) in [6, 6.07) is -0.776. The summed E-state index contributed by atoms with van der Waals surface area (Å²) in [5, 5.41) is 33.4. The number of hydrogen-bond acceptors (Lipinski definition) is 17. The van der Waals surface area contributed by atoms with Crippen molar-refractivity contribution in [2.45, 2.75) is 191 Å². The number of fused-ring (bicyclic) bond motifs is 1. The van der Waals surface area contributed by atoms with Crippen molar-refractivity contribution in [1.82, 2.24) is 4.90 Å². The number of carbonyl (C=O) groups is 4. The maximum absolute atomic E-state index is 13.5. The molecule has 0 amide bonds. The van der Waals surface area contributed by atoms with Crippen LogP contribution in [0.2, 0.25) is 0 Å². The minimum atomic E-state index is -1.50. The Kier molecular flexibility index (Phi) is 17.6. The van der Waals surface area contributed by atoms with Crippen LogP contribution in [-0.4, -0.2) is 163 Å². The largest absolute Gasteiger partial charge is 0.462 e. The van der Waals surface area contributed by atoms with Gasteiger partial charge in [0.25, 0.3) is 0 Å². The number of epoxide rings is 1. The highest BCUT2D eigenvalue weighted by molar-refractivity contribution is 5.72. The number of aliphatic hydroxyl groups is 3. The second-order valence-electron chi connectivity index (χ2n) is 16.7. The van der Waals surface area contributed by atoms with Crippen molar-refractivity contribution in [1.29, 1.82) is 0 Å². The van der Waals surface area contributed by atoms with E-state index in [0.717, 1.165) is 6.29 Å². The fraction of sp³-hybridized carbons (Fsp3) is 0.854. The third kappa shape index (κ3) is 12.5. The number of ether oxygens (including phenoxy) is 9. The number of hydrogen-bond donors (Lipinski definition) is 3. The summed E-state index contributed by atoms with van der Waals surface area (Å²) >= 11 is 0. The van der Waals surface area contributed by atoms with Gasteiger partial charge < -0.3 is 67.6 Å². The van der Waals surface area contributed by atoms with Crippen LogP contribution < -0.4 is 0 Å². The maximum Gasteiger partial charge on any atom is 0.309 e. The van der Waals surface area contributed by atoms with Gasteiger partial charge in [-0.05, 0) is 66.1 Å². The van der Waals surface area contributed by atoms with Gasteiger partial charge in [0.1, 0.15) is 55.1 Å². The van der Waals surface area contributed by atoms with E-state index in [1.165, 1.54) is 14.0 Å². The predicted molar refractivity (Wildman–Crippen MR) is 205 cm³/mol. The van der Waals surface area contributed by atoms with Gasteiger partial charge in [-0.15, -0.1) is 0 Å². The molecule has 4 rings (SSSR count). The highest BCUT2D eigenvalue weighted by atomic mass is 16.7. The number of nitrogens with zero attached hydrogens (tertiary/aromatic N) is 1. The van der Waals surface area contributed by atoms with Crippen LogP contribution in [0.3, 0.4) is 0 Å². The molecule has 0 bridgehead atoms. The molecule has 17 nitrogen and oxygen atoms in total. The number of cyclic esters (lactones) is 1. The fourth-order valence-electron chi connectivity index (χ4n) is 8.30. The van der Waals surface area contributed by atoms with Crippen molar-refractivity contribution >= 4 is 24.2 Å². The number of aliphatic hydroxyl groups excluding tert-OH is 2. The minimum Gasteiger partial charge on any atom is -0.462 e. The third-order valence-corrected chi connectivity index (χ3v) is 11.6. The Balaban J connectivity index is 1.74. The monoisotopic (exact) mass is 829 g/mol. The zero-order valence-electron chi connectivity index (χ0n) is 35.6. The van der Waals surface area contributed by atoms with Crippen molar-refractivity contribution in [3.8, 4) is 0 Å². The Bertz CT molecular complexity index is 1390. The minimum absolute atomic E-state index is 0.0122. The summed E-state index contributed by atoms with van der Waals surface area (Å²) < 4.78 is 54.7. The fourth-order valence-corrected chi connectivity index (χ4v) is 8.30. The first-order valence-electron chi connectivity index (χ1n) is 20.6. The highest BCUT2D eigenvalue weighted by Gasteiger charge is 2.52. The number of carbonyl (C=O) groups excluding carboxylic acids is 4. The van der Waals surface area contributed by atoms with E-state index >= 15 is 0 Å². The summed E-state index contributed by atoms with van der Waals surface area (Å²) in [6.45, 7) is 11.8. The number of esters is 3. The van der Waals surface area contributed by atoms with E-state index in [1.54, 1.807) is 59.7 Å². The smallest absolute Gasteiger partial charge is 0.309 e. The Morgan fingerprint density at radius 1 is 0.931 bits per heavy atom. The van der Waals surface area contributed by atoms with E-state index < -0.39 is 121 Å². The van der Waals surface area contributed by atoms with Crippen LogP contribution in [0, 0.1) is 11.8 Å². The summed E-state index contributed by atoms with van der Waals surface area (Å²) in [6.07, 6.45) is -8.06. The molecule has 3 saturated heterocycles.